The first-order valence-electron chi connectivity index (χ1n) is 9.75. The highest BCUT2D eigenvalue weighted by Gasteiger charge is 2.25. The van der Waals surface area contributed by atoms with Gasteiger partial charge >= 0.3 is 0 Å². The highest BCUT2D eigenvalue weighted by atomic mass is 16.7. The van der Waals surface area contributed by atoms with Crippen molar-refractivity contribution in [3.05, 3.63) is 41.9 Å². The van der Waals surface area contributed by atoms with Crippen LogP contribution in [-0.4, -0.2) is 63.4 Å². The Hall–Kier alpha value is -3.36. The maximum absolute atomic E-state index is 12.9. The monoisotopic (exact) mass is 394 g/mol. The third-order valence-electron chi connectivity index (χ3n) is 5.40. The molecule has 4 heterocycles. The van der Waals surface area contributed by atoms with Crippen LogP contribution in [0, 0.1) is 0 Å². The van der Waals surface area contributed by atoms with Crippen molar-refractivity contribution in [3.63, 3.8) is 0 Å². The molecule has 0 N–H and O–H groups in total. The second-order valence-electron chi connectivity index (χ2n) is 7.54. The number of amides is 1. The van der Waals surface area contributed by atoms with E-state index >= 15 is 0 Å². The predicted molar refractivity (Wildman–Crippen MR) is 106 cm³/mol. The number of fused-ring (bicyclic) bond motifs is 2. The number of anilines is 1. The van der Waals surface area contributed by atoms with Crippen molar-refractivity contribution >= 4 is 17.5 Å². The van der Waals surface area contributed by atoms with Crippen LogP contribution in [0.2, 0.25) is 0 Å². The van der Waals surface area contributed by atoms with Crippen molar-refractivity contribution in [1.82, 2.24) is 24.5 Å². The molecule has 2 aliphatic heterocycles. The van der Waals surface area contributed by atoms with E-state index < -0.39 is 0 Å². The SMILES string of the molecule is CC(C)c1cc(N2CCN(C(=O)c3ccc4c(c3)OCO4)CC2)nc2nncn12. The van der Waals surface area contributed by atoms with Gasteiger partial charge in [-0.05, 0) is 24.1 Å². The Morgan fingerprint density at radius 3 is 2.66 bits per heavy atom. The molecule has 1 saturated heterocycles. The van der Waals surface area contributed by atoms with Crippen molar-refractivity contribution in [2.24, 2.45) is 0 Å². The van der Waals surface area contributed by atoms with E-state index in [1.807, 2.05) is 9.30 Å². The molecule has 0 aliphatic carbocycles. The Kier molecular flexibility index (Phi) is 4.22. The molecule has 0 radical (unpaired) electrons. The average Bonchev–Trinajstić information content (AvgIpc) is 3.41. The zero-order chi connectivity index (χ0) is 20.0. The lowest BCUT2D eigenvalue weighted by atomic mass is 10.1. The molecule has 2 aromatic heterocycles. The molecule has 1 aromatic carbocycles. The first-order chi connectivity index (χ1) is 14.1. The number of ether oxygens (including phenoxy) is 2. The van der Waals surface area contributed by atoms with Crippen LogP contribution in [0.15, 0.2) is 30.6 Å². The van der Waals surface area contributed by atoms with Crippen molar-refractivity contribution in [2.45, 2.75) is 19.8 Å². The minimum absolute atomic E-state index is 0.00619. The summed E-state index contributed by atoms with van der Waals surface area (Å²) in [5.41, 5.74) is 1.74. The second-order valence-corrected chi connectivity index (χ2v) is 7.54. The van der Waals surface area contributed by atoms with Crippen LogP contribution in [0.3, 0.4) is 0 Å². The molecule has 1 fully saturated rings. The van der Waals surface area contributed by atoms with E-state index in [1.165, 1.54) is 0 Å². The average molecular weight is 394 g/mol. The maximum atomic E-state index is 12.9. The van der Waals surface area contributed by atoms with E-state index in [-0.39, 0.29) is 12.7 Å². The molecule has 5 rings (SSSR count). The summed E-state index contributed by atoms with van der Waals surface area (Å²) in [6, 6.07) is 7.43. The standard InChI is InChI=1S/C20H22N6O3/c1-13(2)15-10-18(22-20-23-21-11-26(15)20)24-5-7-25(8-6-24)19(27)14-3-4-16-17(9-14)29-12-28-16/h3-4,9-11,13H,5-8,12H2,1-2H3. The fourth-order valence-corrected chi connectivity index (χ4v) is 3.78. The molecule has 150 valence electrons. The molecule has 0 saturated carbocycles. The third-order valence-corrected chi connectivity index (χ3v) is 5.40. The highest BCUT2D eigenvalue weighted by Crippen LogP contribution is 2.33. The number of rotatable bonds is 3. The van der Waals surface area contributed by atoms with Crippen LogP contribution >= 0.6 is 0 Å². The van der Waals surface area contributed by atoms with Crippen LogP contribution < -0.4 is 14.4 Å². The molecule has 29 heavy (non-hydrogen) atoms. The molecule has 9 nitrogen and oxygen atoms in total. The largest absolute Gasteiger partial charge is 0.454 e. The first-order valence-corrected chi connectivity index (χ1v) is 9.75. The summed E-state index contributed by atoms with van der Waals surface area (Å²) in [6.45, 7) is 7.17. The smallest absolute Gasteiger partial charge is 0.256 e. The molecular weight excluding hydrogens is 372 g/mol. The Balaban J connectivity index is 1.31. The van der Waals surface area contributed by atoms with Crippen molar-refractivity contribution in [3.8, 4) is 11.5 Å². The lowest BCUT2D eigenvalue weighted by molar-refractivity contribution is 0.0746. The van der Waals surface area contributed by atoms with Gasteiger partial charge in [0.1, 0.15) is 12.1 Å². The molecule has 9 heteroatoms. The van der Waals surface area contributed by atoms with Crippen molar-refractivity contribution in [1.29, 1.82) is 0 Å². The quantitative estimate of drug-likeness (QED) is 0.671. The van der Waals surface area contributed by atoms with Gasteiger partial charge in [0.25, 0.3) is 11.7 Å². The van der Waals surface area contributed by atoms with E-state index in [9.17, 15) is 4.79 Å². The number of hydrogen-bond donors (Lipinski definition) is 0. The van der Waals surface area contributed by atoms with Crippen LogP contribution in [0.4, 0.5) is 5.82 Å². The van der Waals surface area contributed by atoms with Crippen LogP contribution in [0.1, 0.15) is 35.8 Å². The Labute approximate surface area is 167 Å². The summed E-state index contributed by atoms with van der Waals surface area (Å²) in [6.07, 6.45) is 1.70. The van der Waals surface area contributed by atoms with Gasteiger partial charge in [0.2, 0.25) is 6.79 Å². The van der Waals surface area contributed by atoms with Crippen LogP contribution in [0.5, 0.6) is 11.5 Å². The van der Waals surface area contributed by atoms with Crippen molar-refractivity contribution < 1.29 is 14.3 Å². The second kappa shape index (κ2) is 6.91. The van der Waals surface area contributed by atoms with Gasteiger partial charge in [0.15, 0.2) is 11.5 Å². The molecule has 0 spiro atoms. The van der Waals surface area contributed by atoms with Gasteiger partial charge in [0.05, 0.1) is 0 Å². The number of benzene rings is 1. The number of nitrogens with zero attached hydrogens (tertiary/aromatic N) is 6. The summed E-state index contributed by atoms with van der Waals surface area (Å²) >= 11 is 0. The van der Waals surface area contributed by atoms with Gasteiger partial charge in [-0.2, -0.15) is 4.98 Å². The topological polar surface area (TPSA) is 85.1 Å². The number of hydrogen-bond acceptors (Lipinski definition) is 7. The minimum Gasteiger partial charge on any atom is -0.454 e. The fraction of sp³-hybridized carbons (Fsp3) is 0.400. The van der Waals surface area contributed by atoms with Gasteiger partial charge < -0.3 is 19.3 Å². The number of piperazine rings is 1. The summed E-state index contributed by atoms with van der Waals surface area (Å²) in [7, 11) is 0. The lowest BCUT2D eigenvalue weighted by Gasteiger charge is -2.35. The molecule has 0 bridgehead atoms. The number of carbonyl (C=O) groups excluding carboxylic acids is 1. The van der Waals surface area contributed by atoms with Gasteiger partial charge in [0, 0.05) is 43.5 Å². The highest BCUT2D eigenvalue weighted by molar-refractivity contribution is 5.95. The molecule has 2 aliphatic rings. The van der Waals surface area contributed by atoms with Crippen molar-refractivity contribution in [2.75, 3.05) is 37.9 Å². The zero-order valence-electron chi connectivity index (χ0n) is 16.4. The molecule has 0 unspecified atom stereocenters. The predicted octanol–water partition coefficient (Wildman–Crippen LogP) is 1.94. The number of carbonyl (C=O) groups is 1. The summed E-state index contributed by atoms with van der Waals surface area (Å²) in [4.78, 5) is 21.6. The van der Waals surface area contributed by atoms with E-state index in [0.29, 0.717) is 54.9 Å². The zero-order valence-corrected chi connectivity index (χ0v) is 16.4. The van der Waals surface area contributed by atoms with Gasteiger partial charge in [-0.3, -0.25) is 9.20 Å². The van der Waals surface area contributed by atoms with E-state index in [1.54, 1.807) is 24.5 Å². The Morgan fingerprint density at radius 1 is 1.07 bits per heavy atom. The molecule has 3 aromatic rings. The van der Waals surface area contributed by atoms with Crippen LogP contribution in [0.25, 0.3) is 5.78 Å². The lowest BCUT2D eigenvalue weighted by Crippen LogP contribution is -2.49. The third kappa shape index (κ3) is 3.12. The fourth-order valence-electron chi connectivity index (χ4n) is 3.78. The summed E-state index contributed by atoms with van der Waals surface area (Å²) < 4.78 is 12.6. The summed E-state index contributed by atoms with van der Waals surface area (Å²) in [5, 5.41) is 8.10. The van der Waals surface area contributed by atoms with Gasteiger partial charge in [-0.15, -0.1) is 10.2 Å². The van der Waals surface area contributed by atoms with E-state index in [2.05, 4.69) is 40.0 Å². The Morgan fingerprint density at radius 2 is 1.86 bits per heavy atom. The number of aromatic nitrogens is 4. The molecule has 1 amide bonds. The normalized spacial score (nSPS) is 16.1. The first kappa shape index (κ1) is 17.7. The summed E-state index contributed by atoms with van der Waals surface area (Å²) in [5.74, 6) is 3.12. The maximum Gasteiger partial charge on any atom is 0.256 e. The van der Waals surface area contributed by atoms with Gasteiger partial charge in [-0.25, -0.2) is 0 Å². The Bertz CT molecular complexity index is 1070. The van der Waals surface area contributed by atoms with Crippen LogP contribution in [-0.2, 0) is 0 Å². The van der Waals surface area contributed by atoms with Gasteiger partial charge in [-0.1, -0.05) is 13.8 Å². The van der Waals surface area contributed by atoms with E-state index in [4.69, 9.17) is 9.47 Å². The van der Waals surface area contributed by atoms with E-state index in [0.717, 1.165) is 11.5 Å². The molecular formula is C20H22N6O3. The minimum atomic E-state index is 0.00619. The molecule has 0 atom stereocenters.